The summed E-state index contributed by atoms with van der Waals surface area (Å²) in [5.41, 5.74) is 0. The average Bonchev–Trinajstić information content (AvgIpc) is 2.44. The lowest BCUT2D eigenvalue weighted by atomic mass is 10.7. The summed E-state index contributed by atoms with van der Waals surface area (Å²) in [5.74, 6) is 0. The van der Waals surface area contributed by atoms with Crippen LogP contribution in [0.3, 0.4) is 0 Å². The van der Waals surface area contributed by atoms with E-state index < -0.39 is 0 Å². The molecule has 0 aromatic carbocycles. The first-order valence-electron chi connectivity index (χ1n) is 2.14. The molecule has 0 aliphatic carbocycles. The lowest BCUT2D eigenvalue weighted by molar-refractivity contribution is 2.03. The minimum absolute atomic E-state index is 1.26. The number of hydrogen-bond donors (Lipinski definition) is 0. The van der Waals surface area contributed by atoms with Gasteiger partial charge in [0.15, 0.2) is 0 Å². The van der Waals surface area contributed by atoms with Crippen LogP contribution < -0.4 is 0 Å². The smallest absolute Gasteiger partial charge is 0 e. The van der Waals surface area contributed by atoms with Gasteiger partial charge >= 0.3 is 0 Å². The number of hydrogen-bond acceptors (Lipinski definition) is 3. The van der Waals surface area contributed by atoms with Crippen molar-refractivity contribution in [3.05, 3.63) is 22.9 Å². The Balaban J connectivity index is 0.000000162. The Morgan fingerprint density at radius 3 is 1.60 bits per heavy atom. The predicted molar refractivity (Wildman–Crippen MR) is 61.1 cm³/mol. The molecule has 0 aliphatic rings. The zero-order chi connectivity index (χ0) is 7.66. The van der Waals surface area contributed by atoms with E-state index in [2.05, 4.69) is 22.4 Å². The third-order valence-electron chi connectivity index (χ3n) is 0.481. The Hall–Kier alpha value is 0.800. The second-order valence-electron chi connectivity index (χ2n) is 0.997. The van der Waals surface area contributed by atoms with Gasteiger partial charge in [-0.3, -0.25) is 0 Å². The monoisotopic (exact) mass is 244 g/mol. The molecule has 6 heteroatoms. The molecule has 0 bridgehead atoms. The lowest BCUT2D eigenvalue weighted by Crippen LogP contribution is -1.23. The van der Waals surface area contributed by atoms with Crippen molar-refractivity contribution in [1.29, 1.82) is 0 Å². The van der Waals surface area contributed by atoms with Crippen molar-refractivity contribution in [1.82, 2.24) is 0 Å². The Kier molecular flexibility index (Phi) is 10.6. The van der Waals surface area contributed by atoms with Crippen molar-refractivity contribution in [3.8, 4) is 0 Å². The highest BCUT2D eigenvalue weighted by atomic mass is 33.3. The Morgan fingerprint density at radius 2 is 1.50 bits per heavy atom. The maximum absolute atomic E-state index is 4.44. The summed E-state index contributed by atoms with van der Waals surface area (Å²) < 4.78 is 0. The van der Waals surface area contributed by atoms with Crippen molar-refractivity contribution < 1.29 is 0 Å². The normalized spacial score (nSPS) is 6.80. The summed E-state index contributed by atoms with van der Waals surface area (Å²) in [6.07, 6.45) is 0. The summed E-state index contributed by atoms with van der Waals surface area (Å²) >= 11 is 10.6. The van der Waals surface area contributed by atoms with E-state index in [1.54, 1.807) is 11.3 Å². The Morgan fingerprint density at radius 1 is 1.00 bits per heavy atom. The largest absolute Gasteiger partial charge is 0.152 e. The molecule has 0 nitrogen and oxygen atoms in total. The van der Waals surface area contributed by atoms with Crippen LogP contribution in [0.15, 0.2) is 22.9 Å². The van der Waals surface area contributed by atoms with Crippen LogP contribution in [0.4, 0.5) is 0 Å². The standard InChI is InChI=1S/C4H4S.S5/c1-2-4-5-3-1;1-3-5-4-2/h1-4H;. The minimum Gasteiger partial charge on any atom is -0.152 e. The van der Waals surface area contributed by atoms with E-state index in [1.807, 2.05) is 22.9 Å². The first kappa shape index (κ1) is 10.8. The predicted octanol–water partition coefficient (Wildman–Crippen LogP) is 1.74. The van der Waals surface area contributed by atoms with E-state index in [0.717, 1.165) is 0 Å². The fourth-order valence-electron chi connectivity index (χ4n) is 0.238. The molecule has 0 saturated carbocycles. The van der Waals surface area contributed by atoms with Crippen molar-refractivity contribution >= 4 is 60.4 Å². The van der Waals surface area contributed by atoms with Gasteiger partial charge in [-0.2, -0.15) is 11.3 Å². The second kappa shape index (κ2) is 9.80. The van der Waals surface area contributed by atoms with E-state index in [-0.39, 0.29) is 0 Å². The zero-order valence-electron chi connectivity index (χ0n) is 4.76. The van der Waals surface area contributed by atoms with Gasteiger partial charge in [0.25, 0.3) is 0 Å². The molecule has 0 amide bonds. The van der Waals surface area contributed by atoms with E-state index in [4.69, 9.17) is 0 Å². The second-order valence-corrected chi connectivity index (χ2v) is 7.12. The van der Waals surface area contributed by atoms with Crippen LogP contribution in [-0.4, -0.2) is 0 Å². The molecule has 1 aromatic rings. The fourth-order valence-corrected chi connectivity index (χ4v) is 3.44. The third-order valence-corrected chi connectivity index (χ3v) is 5.55. The van der Waals surface area contributed by atoms with E-state index in [1.165, 1.54) is 26.6 Å². The highest BCUT2D eigenvalue weighted by Crippen LogP contribution is 1.91. The van der Waals surface area contributed by atoms with Crippen molar-refractivity contribution in [3.63, 3.8) is 0 Å². The molecule has 10 heavy (non-hydrogen) atoms. The van der Waals surface area contributed by atoms with Crippen LogP contribution in [0.5, 0.6) is 0 Å². The summed E-state index contributed by atoms with van der Waals surface area (Å²) in [4.78, 5) is 0. The molecule has 0 fully saturated rings. The molecule has 1 rings (SSSR count). The van der Waals surface area contributed by atoms with E-state index in [9.17, 15) is 0 Å². The highest BCUT2D eigenvalue weighted by Gasteiger charge is 1.58. The van der Waals surface area contributed by atoms with Crippen LogP contribution in [0.25, 0.3) is 0 Å². The van der Waals surface area contributed by atoms with Gasteiger partial charge in [-0.05, 0) is 10.8 Å². The molecular formula is C4H4S6. The quantitative estimate of drug-likeness (QED) is 0.682. The van der Waals surface area contributed by atoms with Gasteiger partial charge in [-0.1, -0.05) is 12.1 Å². The molecular weight excluding hydrogens is 240 g/mol. The average molecular weight is 244 g/mol. The maximum Gasteiger partial charge on any atom is 0 e. The SMILES string of the molecule is S=S=S=S=S.c1ccsc1. The molecule has 0 spiro atoms. The number of thiophene rings is 1. The van der Waals surface area contributed by atoms with Crippen LogP contribution in [-0.2, 0) is 49.0 Å². The molecule has 1 aromatic heterocycles. The zero-order valence-corrected chi connectivity index (χ0v) is 9.66. The van der Waals surface area contributed by atoms with Crippen molar-refractivity contribution in [2.75, 3.05) is 0 Å². The third kappa shape index (κ3) is 8.80. The molecule has 0 aliphatic heterocycles. The van der Waals surface area contributed by atoms with Gasteiger partial charge in [0.1, 0.15) is 0 Å². The highest BCUT2D eigenvalue weighted by molar-refractivity contribution is 8.59. The van der Waals surface area contributed by atoms with Gasteiger partial charge in [0.05, 0.1) is 0 Å². The Bertz CT molecular complexity index is 216. The van der Waals surface area contributed by atoms with Crippen LogP contribution >= 0.6 is 11.3 Å². The summed E-state index contributed by atoms with van der Waals surface area (Å²) in [6.45, 7) is 0. The molecule has 0 radical (unpaired) electrons. The summed E-state index contributed by atoms with van der Waals surface area (Å²) in [6, 6.07) is 4.04. The van der Waals surface area contributed by atoms with E-state index >= 15 is 0 Å². The van der Waals surface area contributed by atoms with Crippen LogP contribution in [0.2, 0.25) is 0 Å². The Labute approximate surface area is 82.6 Å². The fraction of sp³-hybridized carbons (Fsp3) is 0. The van der Waals surface area contributed by atoms with Gasteiger partial charge in [0.2, 0.25) is 0 Å². The van der Waals surface area contributed by atoms with Crippen LogP contribution in [0, 0.1) is 0 Å². The number of rotatable bonds is 0. The van der Waals surface area contributed by atoms with E-state index in [0.29, 0.717) is 0 Å². The van der Waals surface area contributed by atoms with Gasteiger partial charge in [0, 0.05) is 49.0 Å². The topological polar surface area (TPSA) is 0 Å². The lowest BCUT2D eigenvalue weighted by Gasteiger charge is -1.39. The molecule has 0 N–H and O–H groups in total. The van der Waals surface area contributed by atoms with Gasteiger partial charge < -0.3 is 0 Å². The summed E-state index contributed by atoms with van der Waals surface area (Å²) in [7, 11) is 3.95. The van der Waals surface area contributed by atoms with Crippen LogP contribution in [0.1, 0.15) is 0 Å². The molecule has 1 heterocycles. The van der Waals surface area contributed by atoms with Gasteiger partial charge in [-0.15, -0.1) is 0 Å². The molecule has 56 valence electrons. The van der Waals surface area contributed by atoms with Gasteiger partial charge in [-0.25, -0.2) is 0 Å². The first-order valence-corrected chi connectivity index (χ1v) is 8.41. The van der Waals surface area contributed by atoms with Crippen molar-refractivity contribution in [2.24, 2.45) is 0 Å². The maximum atomic E-state index is 4.44. The molecule has 0 saturated heterocycles. The molecule has 0 atom stereocenters. The summed E-state index contributed by atoms with van der Waals surface area (Å²) in [5, 5.41) is 4.08. The van der Waals surface area contributed by atoms with Crippen molar-refractivity contribution in [2.45, 2.75) is 0 Å². The first-order chi connectivity index (χ1) is 4.91. The minimum atomic E-state index is 1.26. The molecule has 0 unspecified atom stereocenters.